The van der Waals surface area contributed by atoms with Gasteiger partial charge in [-0.1, -0.05) is 17.7 Å². The Morgan fingerprint density at radius 1 is 1.09 bits per heavy atom. The molecule has 0 bridgehead atoms. The summed E-state index contributed by atoms with van der Waals surface area (Å²) in [6.45, 7) is 0.695. The van der Waals surface area contributed by atoms with E-state index in [4.69, 9.17) is 21.1 Å². The van der Waals surface area contributed by atoms with Crippen LogP contribution in [0.4, 0.5) is 5.69 Å². The summed E-state index contributed by atoms with van der Waals surface area (Å²) in [6, 6.07) is 15.3. The number of aromatic nitrogens is 1. The van der Waals surface area contributed by atoms with Gasteiger partial charge < -0.3 is 14.8 Å². The third kappa shape index (κ3) is 4.37. The first-order chi connectivity index (χ1) is 11.2. The molecule has 3 rings (SSSR count). The zero-order valence-electron chi connectivity index (χ0n) is 12.5. The van der Waals surface area contributed by atoms with Gasteiger partial charge in [0.1, 0.15) is 17.2 Å². The lowest BCUT2D eigenvalue weighted by atomic mass is 10.3. The largest absolute Gasteiger partial charge is 0.497 e. The molecule has 2 aromatic carbocycles. The van der Waals surface area contributed by atoms with Crippen LogP contribution in [-0.2, 0) is 6.54 Å². The Hall–Kier alpha value is -2.24. The molecule has 0 spiro atoms. The molecule has 6 heteroatoms. The van der Waals surface area contributed by atoms with Gasteiger partial charge in [0.2, 0.25) is 0 Å². The van der Waals surface area contributed by atoms with E-state index in [1.165, 1.54) is 11.3 Å². The Bertz CT molecular complexity index is 774. The Kier molecular flexibility index (Phi) is 5.00. The fraction of sp³-hybridized carbons (Fsp3) is 0.118. The minimum atomic E-state index is 0.559. The summed E-state index contributed by atoms with van der Waals surface area (Å²) in [6.07, 6.45) is 1.78. The molecule has 118 valence electrons. The summed E-state index contributed by atoms with van der Waals surface area (Å²) >= 11 is 7.29. The molecule has 0 fully saturated rings. The van der Waals surface area contributed by atoms with E-state index in [0.29, 0.717) is 11.0 Å². The second-order valence-electron chi connectivity index (χ2n) is 4.74. The monoisotopic (exact) mass is 346 g/mol. The molecule has 0 aliphatic heterocycles. The van der Waals surface area contributed by atoms with Crippen LogP contribution in [0.25, 0.3) is 0 Å². The fourth-order valence-electron chi connectivity index (χ4n) is 2.00. The summed E-state index contributed by atoms with van der Waals surface area (Å²) in [4.78, 5) is 5.11. The second kappa shape index (κ2) is 7.35. The van der Waals surface area contributed by atoms with Crippen molar-refractivity contribution in [3.05, 3.63) is 64.1 Å². The highest BCUT2D eigenvalue weighted by Gasteiger charge is 2.02. The fourth-order valence-corrected chi connectivity index (χ4v) is 2.91. The molecule has 1 aromatic heterocycles. The molecular formula is C17H15ClN2O2S. The van der Waals surface area contributed by atoms with Gasteiger partial charge in [-0.25, -0.2) is 4.98 Å². The zero-order valence-corrected chi connectivity index (χ0v) is 14.0. The van der Waals surface area contributed by atoms with Crippen molar-refractivity contribution in [2.24, 2.45) is 0 Å². The van der Waals surface area contributed by atoms with Crippen molar-refractivity contribution in [2.45, 2.75) is 6.54 Å². The molecule has 0 aliphatic carbocycles. The van der Waals surface area contributed by atoms with E-state index < -0.39 is 0 Å². The van der Waals surface area contributed by atoms with Crippen molar-refractivity contribution in [1.82, 2.24) is 4.98 Å². The topological polar surface area (TPSA) is 43.4 Å². The maximum atomic E-state index is 5.82. The van der Waals surface area contributed by atoms with E-state index in [-0.39, 0.29) is 0 Å². The van der Waals surface area contributed by atoms with Gasteiger partial charge in [-0.05, 0) is 36.4 Å². The molecule has 0 aliphatic rings. The Morgan fingerprint density at radius 2 is 1.87 bits per heavy atom. The van der Waals surface area contributed by atoms with Crippen LogP contribution in [0.2, 0.25) is 4.47 Å². The van der Waals surface area contributed by atoms with E-state index in [9.17, 15) is 0 Å². The lowest BCUT2D eigenvalue weighted by Gasteiger charge is -2.09. The smallest absolute Gasteiger partial charge is 0.183 e. The summed E-state index contributed by atoms with van der Waals surface area (Å²) in [7, 11) is 1.63. The minimum absolute atomic E-state index is 0.559. The van der Waals surface area contributed by atoms with E-state index >= 15 is 0 Å². The van der Waals surface area contributed by atoms with Crippen LogP contribution in [0.5, 0.6) is 17.2 Å². The van der Waals surface area contributed by atoms with Gasteiger partial charge in [-0.15, -0.1) is 11.3 Å². The van der Waals surface area contributed by atoms with Crippen LogP contribution < -0.4 is 14.8 Å². The number of hydrogen-bond donors (Lipinski definition) is 1. The van der Waals surface area contributed by atoms with Crippen LogP contribution in [0, 0.1) is 0 Å². The van der Waals surface area contributed by atoms with Crippen LogP contribution in [0.1, 0.15) is 4.88 Å². The normalized spacial score (nSPS) is 10.3. The zero-order chi connectivity index (χ0) is 16.1. The van der Waals surface area contributed by atoms with Gasteiger partial charge in [0.25, 0.3) is 0 Å². The summed E-state index contributed by atoms with van der Waals surface area (Å²) in [5.41, 5.74) is 1.01. The lowest BCUT2D eigenvalue weighted by molar-refractivity contribution is 0.409. The first-order valence-corrected chi connectivity index (χ1v) is 8.18. The van der Waals surface area contributed by atoms with Crippen molar-refractivity contribution in [3.63, 3.8) is 0 Å². The Labute approximate surface area is 143 Å². The van der Waals surface area contributed by atoms with Crippen molar-refractivity contribution in [1.29, 1.82) is 0 Å². The maximum Gasteiger partial charge on any atom is 0.183 e. The number of methoxy groups -OCH3 is 1. The highest BCUT2D eigenvalue weighted by Crippen LogP contribution is 2.26. The second-order valence-corrected chi connectivity index (χ2v) is 6.44. The minimum Gasteiger partial charge on any atom is -0.497 e. The van der Waals surface area contributed by atoms with E-state index in [1.807, 2.05) is 48.5 Å². The SMILES string of the molecule is COc1cccc(Oc2ccc(NCc3cnc(Cl)s3)cc2)c1. The van der Waals surface area contributed by atoms with Crippen LogP contribution in [-0.4, -0.2) is 12.1 Å². The average Bonchev–Trinajstić information content (AvgIpc) is 3.00. The van der Waals surface area contributed by atoms with E-state index in [0.717, 1.165) is 27.8 Å². The number of ether oxygens (including phenoxy) is 2. The molecule has 0 radical (unpaired) electrons. The van der Waals surface area contributed by atoms with Crippen molar-refractivity contribution < 1.29 is 9.47 Å². The molecule has 0 amide bonds. The van der Waals surface area contributed by atoms with Gasteiger partial charge >= 0.3 is 0 Å². The van der Waals surface area contributed by atoms with Crippen molar-refractivity contribution in [2.75, 3.05) is 12.4 Å². The molecule has 0 saturated heterocycles. The van der Waals surface area contributed by atoms with Crippen LogP contribution in [0.15, 0.2) is 54.7 Å². The number of hydrogen-bond acceptors (Lipinski definition) is 5. The van der Waals surface area contributed by atoms with Gasteiger partial charge in [0.15, 0.2) is 4.47 Å². The van der Waals surface area contributed by atoms with Crippen LogP contribution >= 0.6 is 22.9 Å². The number of thiazole rings is 1. The molecule has 0 saturated carbocycles. The van der Waals surface area contributed by atoms with Gasteiger partial charge in [0, 0.05) is 22.8 Å². The third-order valence-electron chi connectivity index (χ3n) is 3.12. The summed E-state index contributed by atoms with van der Waals surface area (Å²) in [5.74, 6) is 2.28. The highest BCUT2D eigenvalue weighted by molar-refractivity contribution is 7.15. The average molecular weight is 347 g/mol. The Balaban J connectivity index is 1.60. The number of nitrogens with zero attached hydrogens (tertiary/aromatic N) is 1. The number of rotatable bonds is 6. The predicted octanol–water partition coefficient (Wildman–Crippen LogP) is 5.21. The van der Waals surface area contributed by atoms with Crippen LogP contribution in [0.3, 0.4) is 0 Å². The highest BCUT2D eigenvalue weighted by atomic mass is 35.5. The molecule has 1 N–H and O–H groups in total. The number of benzene rings is 2. The van der Waals surface area contributed by atoms with E-state index in [2.05, 4.69) is 10.3 Å². The first-order valence-electron chi connectivity index (χ1n) is 6.99. The number of anilines is 1. The van der Waals surface area contributed by atoms with E-state index in [1.54, 1.807) is 13.3 Å². The molecule has 0 atom stereocenters. The summed E-state index contributed by atoms with van der Waals surface area (Å²) in [5, 5.41) is 3.32. The lowest BCUT2D eigenvalue weighted by Crippen LogP contribution is -1.97. The predicted molar refractivity (Wildman–Crippen MR) is 94.0 cm³/mol. The Morgan fingerprint density at radius 3 is 2.57 bits per heavy atom. The molecule has 23 heavy (non-hydrogen) atoms. The standard InChI is InChI=1S/C17H15ClN2O2S/c1-21-14-3-2-4-15(9-14)22-13-7-5-12(6-8-13)19-10-16-11-20-17(18)23-16/h2-9,11,19H,10H2,1H3. The maximum absolute atomic E-state index is 5.82. The van der Waals surface area contributed by atoms with Gasteiger partial charge in [-0.2, -0.15) is 0 Å². The number of halogens is 1. The number of nitrogens with one attached hydrogen (secondary N) is 1. The summed E-state index contributed by atoms with van der Waals surface area (Å²) < 4.78 is 11.6. The molecule has 0 unspecified atom stereocenters. The third-order valence-corrected chi connectivity index (χ3v) is 4.24. The molecule has 1 heterocycles. The molecular weight excluding hydrogens is 332 g/mol. The quantitative estimate of drug-likeness (QED) is 0.665. The van der Waals surface area contributed by atoms with Crippen molar-refractivity contribution >= 4 is 28.6 Å². The molecule has 4 nitrogen and oxygen atoms in total. The molecule has 3 aromatic rings. The van der Waals surface area contributed by atoms with Gasteiger partial charge in [0.05, 0.1) is 13.7 Å². The first kappa shape index (κ1) is 15.6. The van der Waals surface area contributed by atoms with Crippen molar-refractivity contribution in [3.8, 4) is 17.2 Å². The van der Waals surface area contributed by atoms with Gasteiger partial charge in [-0.3, -0.25) is 0 Å².